The summed E-state index contributed by atoms with van der Waals surface area (Å²) in [7, 11) is 2.98. The second kappa shape index (κ2) is 7.19. The van der Waals surface area contributed by atoms with E-state index in [2.05, 4.69) is 0 Å². The van der Waals surface area contributed by atoms with Crippen LogP contribution in [0.4, 0.5) is 0 Å². The zero-order chi connectivity index (χ0) is 16.2. The van der Waals surface area contributed by atoms with Crippen molar-refractivity contribution >= 4 is 11.9 Å². The molecule has 0 spiro atoms. The van der Waals surface area contributed by atoms with E-state index in [0.717, 1.165) is 0 Å². The Morgan fingerprint density at radius 1 is 1.24 bits per heavy atom. The van der Waals surface area contributed by atoms with E-state index in [0.29, 0.717) is 11.1 Å². The fourth-order valence-electron chi connectivity index (χ4n) is 2.20. The number of carboxylic acid groups (broad SMARTS) is 1. The van der Waals surface area contributed by atoms with Gasteiger partial charge in [0.1, 0.15) is 0 Å². The number of rotatable bonds is 6. The first-order valence-corrected chi connectivity index (χ1v) is 6.55. The number of nitrogens with zero attached hydrogens (tertiary/aromatic N) is 1. The second-order valence-corrected chi connectivity index (χ2v) is 5.05. The average Bonchev–Trinajstić information content (AvgIpc) is 2.39. The topological polar surface area (TPSA) is 87.1 Å². The van der Waals surface area contributed by atoms with E-state index in [-0.39, 0.29) is 24.3 Å². The van der Waals surface area contributed by atoms with Crippen molar-refractivity contribution in [2.45, 2.75) is 20.0 Å². The largest absolute Gasteiger partial charge is 0.478 e. The van der Waals surface area contributed by atoms with E-state index in [4.69, 9.17) is 4.74 Å². The molecule has 1 amide bonds. The quantitative estimate of drug-likeness (QED) is 0.820. The fraction of sp³-hybridized carbons (Fsp3) is 0.467. The molecule has 0 fully saturated rings. The molecule has 0 aromatic heterocycles. The number of carbonyl (C=O) groups is 2. The normalized spacial score (nSPS) is 12.0. The standard InChI is InChI=1S/C15H21NO5/c1-9-5-6-10(2)13(15(19)20)12(9)14(18)16(3)7-11(17)8-21-4/h5-6,11,17H,7-8H2,1-4H3,(H,19,20). The number of carbonyl (C=O) groups excluding carboxylic acids is 1. The van der Waals surface area contributed by atoms with Gasteiger partial charge in [0.25, 0.3) is 5.91 Å². The van der Waals surface area contributed by atoms with E-state index in [9.17, 15) is 19.8 Å². The molecule has 0 aliphatic heterocycles. The number of hydrogen-bond donors (Lipinski definition) is 2. The molecule has 0 saturated heterocycles. The summed E-state index contributed by atoms with van der Waals surface area (Å²) >= 11 is 0. The Morgan fingerprint density at radius 2 is 1.76 bits per heavy atom. The molecular weight excluding hydrogens is 274 g/mol. The summed E-state index contributed by atoms with van der Waals surface area (Å²) in [6.07, 6.45) is -0.817. The highest BCUT2D eigenvalue weighted by atomic mass is 16.5. The van der Waals surface area contributed by atoms with E-state index >= 15 is 0 Å². The van der Waals surface area contributed by atoms with Gasteiger partial charge in [-0.05, 0) is 25.0 Å². The van der Waals surface area contributed by atoms with E-state index in [1.807, 2.05) is 0 Å². The van der Waals surface area contributed by atoms with Crippen molar-refractivity contribution in [2.75, 3.05) is 27.3 Å². The summed E-state index contributed by atoms with van der Waals surface area (Å²) in [6, 6.07) is 3.39. The third-order valence-corrected chi connectivity index (χ3v) is 3.24. The van der Waals surface area contributed by atoms with Gasteiger partial charge in [-0.25, -0.2) is 4.79 Å². The van der Waals surface area contributed by atoms with Crippen molar-refractivity contribution in [1.29, 1.82) is 0 Å². The number of likely N-dealkylation sites (N-methyl/N-ethyl adjacent to an activating group) is 1. The number of amides is 1. The molecule has 1 atom stereocenters. The summed E-state index contributed by atoms with van der Waals surface area (Å²) in [5.74, 6) is -1.56. The third kappa shape index (κ3) is 4.03. The van der Waals surface area contributed by atoms with Crippen LogP contribution >= 0.6 is 0 Å². The van der Waals surface area contributed by atoms with Crippen molar-refractivity contribution < 1.29 is 24.5 Å². The maximum absolute atomic E-state index is 12.5. The van der Waals surface area contributed by atoms with Gasteiger partial charge in [0.2, 0.25) is 0 Å². The Morgan fingerprint density at radius 3 is 2.24 bits per heavy atom. The van der Waals surface area contributed by atoms with Gasteiger partial charge in [-0.15, -0.1) is 0 Å². The van der Waals surface area contributed by atoms with Crippen LogP contribution in [-0.2, 0) is 4.74 Å². The SMILES string of the molecule is COCC(O)CN(C)C(=O)c1c(C)ccc(C)c1C(=O)O. The molecule has 0 saturated carbocycles. The highest BCUT2D eigenvalue weighted by Crippen LogP contribution is 2.20. The highest BCUT2D eigenvalue weighted by Gasteiger charge is 2.24. The number of aliphatic hydroxyl groups excluding tert-OH is 1. The minimum atomic E-state index is -1.13. The summed E-state index contributed by atoms with van der Waals surface area (Å²) < 4.78 is 4.81. The number of aromatic carboxylic acids is 1. The lowest BCUT2D eigenvalue weighted by atomic mass is 9.96. The van der Waals surface area contributed by atoms with Gasteiger partial charge in [-0.2, -0.15) is 0 Å². The number of carboxylic acids is 1. The van der Waals surface area contributed by atoms with Gasteiger partial charge < -0.3 is 19.8 Å². The maximum Gasteiger partial charge on any atom is 0.336 e. The minimum Gasteiger partial charge on any atom is -0.478 e. The van der Waals surface area contributed by atoms with Crippen LogP contribution in [0.5, 0.6) is 0 Å². The van der Waals surface area contributed by atoms with Crippen LogP contribution in [-0.4, -0.2) is 60.4 Å². The Hall–Kier alpha value is -1.92. The predicted octanol–water partition coefficient (Wildman–Crippen LogP) is 1.08. The van der Waals surface area contributed by atoms with Crippen LogP contribution < -0.4 is 0 Å². The van der Waals surface area contributed by atoms with Crippen LogP contribution in [0.3, 0.4) is 0 Å². The zero-order valence-electron chi connectivity index (χ0n) is 12.7. The van der Waals surface area contributed by atoms with Crippen molar-refractivity contribution in [2.24, 2.45) is 0 Å². The molecule has 0 radical (unpaired) electrons. The number of benzene rings is 1. The molecule has 21 heavy (non-hydrogen) atoms. The third-order valence-electron chi connectivity index (χ3n) is 3.24. The van der Waals surface area contributed by atoms with Crippen LogP contribution in [0, 0.1) is 13.8 Å². The molecule has 0 aliphatic carbocycles. The lowest BCUT2D eigenvalue weighted by Crippen LogP contribution is -2.37. The minimum absolute atomic E-state index is 0.00748. The lowest BCUT2D eigenvalue weighted by Gasteiger charge is -2.22. The number of aryl methyl sites for hydroxylation is 2. The first-order chi connectivity index (χ1) is 9.79. The van der Waals surface area contributed by atoms with Crippen molar-refractivity contribution in [3.8, 4) is 0 Å². The average molecular weight is 295 g/mol. The molecule has 116 valence electrons. The van der Waals surface area contributed by atoms with Crippen LogP contribution in [0.2, 0.25) is 0 Å². The van der Waals surface area contributed by atoms with E-state index in [1.54, 1.807) is 26.0 Å². The molecule has 1 aromatic carbocycles. The van der Waals surface area contributed by atoms with Gasteiger partial charge in [-0.1, -0.05) is 12.1 Å². The second-order valence-electron chi connectivity index (χ2n) is 5.05. The van der Waals surface area contributed by atoms with Gasteiger partial charge in [0, 0.05) is 20.7 Å². The number of hydrogen-bond acceptors (Lipinski definition) is 4. The van der Waals surface area contributed by atoms with Crippen molar-refractivity contribution in [3.63, 3.8) is 0 Å². The van der Waals surface area contributed by atoms with E-state index in [1.165, 1.54) is 19.1 Å². The number of aliphatic hydroxyl groups is 1. The Bertz CT molecular complexity index is 541. The Kier molecular flexibility index (Phi) is 5.87. The smallest absolute Gasteiger partial charge is 0.336 e. The number of ether oxygens (including phenoxy) is 1. The molecule has 0 aliphatic rings. The molecule has 1 rings (SSSR count). The maximum atomic E-state index is 12.5. The highest BCUT2D eigenvalue weighted by molar-refractivity contribution is 6.06. The van der Waals surface area contributed by atoms with Crippen LogP contribution in [0.25, 0.3) is 0 Å². The zero-order valence-corrected chi connectivity index (χ0v) is 12.7. The molecule has 2 N–H and O–H groups in total. The molecule has 6 nitrogen and oxygen atoms in total. The van der Waals surface area contributed by atoms with Crippen molar-refractivity contribution in [3.05, 3.63) is 34.4 Å². The van der Waals surface area contributed by atoms with Crippen LogP contribution in [0.15, 0.2) is 12.1 Å². The lowest BCUT2D eigenvalue weighted by molar-refractivity contribution is 0.0378. The molecule has 0 heterocycles. The van der Waals surface area contributed by atoms with Gasteiger partial charge >= 0.3 is 5.97 Å². The van der Waals surface area contributed by atoms with E-state index < -0.39 is 18.0 Å². The molecular formula is C15H21NO5. The molecule has 6 heteroatoms. The first-order valence-electron chi connectivity index (χ1n) is 6.55. The van der Waals surface area contributed by atoms with Gasteiger partial charge in [0.05, 0.1) is 23.8 Å². The molecule has 0 bridgehead atoms. The number of methoxy groups -OCH3 is 1. The van der Waals surface area contributed by atoms with Gasteiger partial charge in [-0.3, -0.25) is 4.79 Å². The molecule has 1 aromatic rings. The van der Waals surface area contributed by atoms with Crippen LogP contribution in [0.1, 0.15) is 31.8 Å². The van der Waals surface area contributed by atoms with Gasteiger partial charge in [0.15, 0.2) is 0 Å². The van der Waals surface area contributed by atoms with Crippen molar-refractivity contribution in [1.82, 2.24) is 4.90 Å². The summed E-state index contributed by atoms with van der Waals surface area (Å²) in [6.45, 7) is 3.52. The Labute approximate surface area is 124 Å². The summed E-state index contributed by atoms with van der Waals surface area (Å²) in [4.78, 5) is 25.2. The molecule has 1 unspecified atom stereocenters. The first kappa shape index (κ1) is 17.1. The summed E-state index contributed by atoms with van der Waals surface area (Å²) in [5, 5.41) is 19.0. The predicted molar refractivity (Wildman–Crippen MR) is 77.7 cm³/mol. The Balaban J connectivity index is 3.12. The summed E-state index contributed by atoms with van der Waals surface area (Å²) in [5.41, 5.74) is 1.29. The fourth-order valence-corrected chi connectivity index (χ4v) is 2.20. The monoisotopic (exact) mass is 295 g/mol.